The molecule has 2 saturated heterocycles. The third-order valence-electron chi connectivity index (χ3n) is 6.98. The molecule has 2 aliphatic rings. The van der Waals surface area contributed by atoms with Gasteiger partial charge in [0.1, 0.15) is 17.5 Å². The van der Waals surface area contributed by atoms with Crippen molar-refractivity contribution in [2.75, 3.05) is 69.4 Å². The second-order valence-corrected chi connectivity index (χ2v) is 12.6. The van der Waals surface area contributed by atoms with Gasteiger partial charge in [0, 0.05) is 56.9 Å². The summed E-state index contributed by atoms with van der Waals surface area (Å²) in [5.41, 5.74) is 7.38. The Balaban J connectivity index is 1.64. The third kappa shape index (κ3) is 5.03. The number of fused-ring (bicyclic) bond motifs is 1. The normalized spacial score (nSPS) is 17.8. The van der Waals surface area contributed by atoms with Crippen molar-refractivity contribution >= 4 is 48.8 Å². The fourth-order valence-corrected chi connectivity index (χ4v) is 7.12. The van der Waals surface area contributed by atoms with Crippen LogP contribution in [0.25, 0.3) is 21.3 Å². The Morgan fingerprint density at radius 1 is 1.13 bits per heavy atom. The summed E-state index contributed by atoms with van der Waals surface area (Å²) in [5, 5.41) is 13.1. The minimum absolute atomic E-state index is 0.113. The molecule has 0 amide bonds. The van der Waals surface area contributed by atoms with Gasteiger partial charge in [0.15, 0.2) is 5.69 Å². The maximum Gasteiger partial charge on any atom is 0.304 e. The van der Waals surface area contributed by atoms with E-state index in [1.807, 2.05) is 6.92 Å². The molecule has 5 heterocycles. The second-order valence-electron chi connectivity index (χ2n) is 9.50. The lowest BCUT2D eigenvalue weighted by Crippen LogP contribution is -2.47. The van der Waals surface area contributed by atoms with Gasteiger partial charge >= 0.3 is 5.69 Å². The van der Waals surface area contributed by atoms with E-state index in [1.165, 1.54) is 28.1 Å². The smallest absolute Gasteiger partial charge is 0.304 e. The summed E-state index contributed by atoms with van der Waals surface area (Å²) in [6.07, 6.45) is 2.72. The van der Waals surface area contributed by atoms with Crippen molar-refractivity contribution in [3.05, 3.63) is 32.6 Å². The fraction of sp³-hybridized carbons (Fsp3) is 0.522. The Hall–Kier alpha value is -2.98. The lowest BCUT2D eigenvalue weighted by Gasteiger charge is -2.33. The number of rotatable bonds is 6. The predicted octanol–water partition coefficient (Wildman–Crippen LogP) is 1.77. The van der Waals surface area contributed by atoms with E-state index in [-0.39, 0.29) is 17.2 Å². The number of morpholine rings is 1. The van der Waals surface area contributed by atoms with Gasteiger partial charge in [-0.15, -0.1) is 11.3 Å². The van der Waals surface area contributed by atoms with E-state index in [0.717, 1.165) is 15.1 Å². The number of aromatic nitrogens is 3. The molecule has 204 valence electrons. The van der Waals surface area contributed by atoms with E-state index in [4.69, 9.17) is 15.5 Å². The largest absolute Gasteiger partial charge is 0.383 e. The summed E-state index contributed by atoms with van der Waals surface area (Å²) >= 11 is 1.50. The van der Waals surface area contributed by atoms with Gasteiger partial charge in [0.05, 0.1) is 40.0 Å². The van der Waals surface area contributed by atoms with Crippen LogP contribution in [0.4, 0.5) is 17.3 Å². The molecule has 2 N–H and O–H groups in total. The highest BCUT2D eigenvalue weighted by Crippen LogP contribution is 2.47. The van der Waals surface area contributed by atoms with Crippen molar-refractivity contribution in [3.8, 4) is 11.3 Å². The fourth-order valence-electron chi connectivity index (χ4n) is 4.93. The van der Waals surface area contributed by atoms with Crippen LogP contribution in [0.5, 0.6) is 0 Å². The Morgan fingerprint density at radius 2 is 1.82 bits per heavy atom. The zero-order chi connectivity index (χ0) is 27.2. The van der Waals surface area contributed by atoms with E-state index in [9.17, 15) is 18.5 Å². The molecule has 13 nitrogen and oxygen atoms in total. The Kier molecular flexibility index (Phi) is 7.21. The van der Waals surface area contributed by atoms with Crippen molar-refractivity contribution in [3.63, 3.8) is 0 Å². The minimum atomic E-state index is -3.23. The molecule has 0 spiro atoms. The second kappa shape index (κ2) is 10.3. The third-order valence-corrected chi connectivity index (χ3v) is 9.56. The summed E-state index contributed by atoms with van der Waals surface area (Å²) < 4.78 is 31.6. The van der Waals surface area contributed by atoms with Crippen LogP contribution in [0.3, 0.4) is 0 Å². The van der Waals surface area contributed by atoms with E-state index in [2.05, 4.69) is 19.8 Å². The van der Waals surface area contributed by atoms with Gasteiger partial charge in [-0.1, -0.05) is 0 Å². The van der Waals surface area contributed by atoms with E-state index in [1.54, 1.807) is 6.92 Å². The lowest BCUT2D eigenvalue weighted by molar-refractivity contribution is -0.382. The van der Waals surface area contributed by atoms with Crippen molar-refractivity contribution in [1.29, 1.82) is 0 Å². The number of anilines is 2. The summed E-state index contributed by atoms with van der Waals surface area (Å²) in [5.74, 6) is 1.26. The average Bonchev–Trinajstić information content (AvgIpc) is 3.19. The first-order valence-corrected chi connectivity index (χ1v) is 14.9. The molecule has 0 unspecified atom stereocenters. The molecule has 5 rings (SSSR count). The van der Waals surface area contributed by atoms with E-state index >= 15 is 0 Å². The van der Waals surface area contributed by atoms with Gasteiger partial charge in [-0.05, 0) is 19.4 Å². The molecule has 3 aromatic heterocycles. The predicted molar refractivity (Wildman–Crippen MR) is 146 cm³/mol. The summed E-state index contributed by atoms with van der Waals surface area (Å²) in [4.78, 5) is 30.7. The first kappa shape index (κ1) is 26.6. The Morgan fingerprint density at radius 3 is 2.42 bits per heavy atom. The van der Waals surface area contributed by atoms with Crippen LogP contribution in [0, 0.1) is 24.0 Å². The monoisotopic (exact) mass is 562 g/mol. The van der Waals surface area contributed by atoms with E-state index in [0.29, 0.717) is 81.6 Å². The van der Waals surface area contributed by atoms with Crippen molar-refractivity contribution in [1.82, 2.24) is 24.2 Å². The zero-order valence-electron chi connectivity index (χ0n) is 21.5. The number of pyridine rings is 1. The molecule has 0 aromatic carbocycles. The van der Waals surface area contributed by atoms with Crippen molar-refractivity contribution in [2.24, 2.45) is 0 Å². The van der Waals surface area contributed by atoms with Crippen LogP contribution < -0.4 is 10.6 Å². The molecule has 2 fully saturated rings. The maximum absolute atomic E-state index is 12.5. The van der Waals surface area contributed by atoms with Crippen LogP contribution in [0.2, 0.25) is 0 Å². The molecule has 3 aromatic rings. The number of piperazine rings is 1. The van der Waals surface area contributed by atoms with Crippen LogP contribution in [-0.4, -0.2) is 96.2 Å². The molecule has 2 aliphatic heterocycles. The van der Waals surface area contributed by atoms with Crippen LogP contribution in [0.15, 0.2) is 6.20 Å². The molecule has 15 heteroatoms. The Labute approximate surface area is 224 Å². The number of nitro groups is 1. The van der Waals surface area contributed by atoms with Gasteiger partial charge in [0.25, 0.3) is 0 Å². The average molecular weight is 563 g/mol. The summed E-state index contributed by atoms with van der Waals surface area (Å²) in [7, 11) is -3.23. The highest BCUT2D eigenvalue weighted by atomic mass is 32.2. The first-order valence-electron chi connectivity index (χ1n) is 12.2. The number of hydrogen-bond donors (Lipinski definition) is 1. The maximum atomic E-state index is 12.5. The quantitative estimate of drug-likeness (QED) is 0.344. The van der Waals surface area contributed by atoms with Crippen LogP contribution in [0.1, 0.15) is 16.3 Å². The standard InChI is InChI=1S/C23H30N8O5S2/c1-14-17(13-28-4-6-30(7-5-28)38(3,34)35)37-21-18(14)20(31(32)33)19(16-12-25-15(2)26-22(16)24)27-23(21)29-8-10-36-11-9-29/h12H,4-11,13H2,1-3H3,(H2,24,25,26). The van der Waals surface area contributed by atoms with Crippen LogP contribution >= 0.6 is 11.3 Å². The molecule has 0 bridgehead atoms. The number of ether oxygens (including phenoxy) is 1. The minimum Gasteiger partial charge on any atom is -0.383 e. The lowest BCUT2D eigenvalue weighted by atomic mass is 10.1. The molecule has 0 radical (unpaired) electrons. The molecule has 0 saturated carbocycles. The van der Waals surface area contributed by atoms with Gasteiger partial charge < -0.3 is 15.4 Å². The number of sulfonamides is 1. The molecule has 0 atom stereocenters. The number of thiophene rings is 1. The highest BCUT2D eigenvalue weighted by Gasteiger charge is 2.33. The Bertz CT molecular complexity index is 1500. The number of nitrogens with zero attached hydrogens (tertiary/aromatic N) is 7. The summed E-state index contributed by atoms with van der Waals surface area (Å²) in [6, 6.07) is 0. The van der Waals surface area contributed by atoms with E-state index < -0.39 is 14.9 Å². The molecular formula is C23H30N8O5S2. The topological polar surface area (TPSA) is 161 Å². The summed E-state index contributed by atoms with van der Waals surface area (Å²) in [6.45, 7) is 8.46. The van der Waals surface area contributed by atoms with Crippen LogP contribution in [-0.2, 0) is 21.3 Å². The first-order chi connectivity index (χ1) is 18.0. The molecule has 38 heavy (non-hydrogen) atoms. The number of nitrogen functional groups attached to an aromatic ring is 1. The van der Waals surface area contributed by atoms with Gasteiger partial charge in [-0.2, -0.15) is 4.31 Å². The molecule has 0 aliphatic carbocycles. The van der Waals surface area contributed by atoms with Gasteiger partial charge in [-0.25, -0.2) is 23.4 Å². The number of nitrogens with two attached hydrogens (primary N) is 1. The zero-order valence-corrected chi connectivity index (χ0v) is 23.1. The van der Waals surface area contributed by atoms with Gasteiger partial charge in [0.2, 0.25) is 10.0 Å². The highest BCUT2D eigenvalue weighted by molar-refractivity contribution is 7.88. The van der Waals surface area contributed by atoms with Gasteiger partial charge in [-0.3, -0.25) is 15.0 Å². The number of hydrogen-bond acceptors (Lipinski definition) is 12. The SMILES string of the molecule is Cc1ncc(-c2nc(N3CCOCC3)c3sc(CN4CCN(S(C)(=O)=O)CC4)c(C)c3c2[N+](=O)[O-])c(N)n1. The molecular weight excluding hydrogens is 532 g/mol. The number of aryl methyl sites for hydroxylation is 2. The van der Waals surface area contributed by atoms with Crippen molar-refractivity contribution < 1.29 is 18.1 Å². The van der Waals surface area contributed by atoms with Crippen molar-refractivity contribution in [2.45, 2.75) is 20.4 Å².